The summed E-state index contributed by atoms with van der Waals surface area (Å²) in [5, 5.41) is 5.51. The number of hydrogen-bond donors (Lipinski definition) is 0. The smallest absolute Gasteiger partial charge is 0.250 e. The van der Waals surface area contributed by atoms with Gasteiger partial charge in [-0.15, -0.1) is 11.3 Å². The molecule has 0 radical (unpaired) electrons. The normalized spacial score (nSPS) is 10.8. The van der Waals surface area contributed by atoms with Crippen molar-refractivity contribution in [1.29, 1.82) is 0 Å². The van der Waals surface area contributed by atoms with E-state index >= 15 is 0 Å². The van der Waals surface area contributed by atoms with Crippen LogP contribution in [-0.4, -0.2) is 29.7 Å². The standard InChI is InChI=1S/C16H12N6S/c1-11-14(23-15(20-11)12-4-2-6-17-10-12)13-5-9-22(21-13)16-18-7-3-8-19-16/h2-10H,1H3. The highest BCUT2D eigenvalue weighted by Crippen LogP contribution is 2.34. The van der Waals surface area contributed by atoms with Gasteiger partial charge in [-0.2, -0.15) is 5.10 Å². The van der Waals surface area contributed by atoms with E-state index in [1.54, 1.807) is 40.7 Å². The Balaban J connectivity index is 1.72. The van der Waals surface area contributed by atoms with E-state index in [0.717, 1.165) is 26.8 Å². The molecular weight excluding hydrogens is 308 g/mol. The number of thiazole rings is 1. The Bertz CT molecular complexity index is 930. The summed E-state index contributed by atoms with van der Waals surface area (Å²) in [5.74, 6) is 0.549. The number of nitrogens with zero attached hydrogens (tertiary/aromatic N) is 6. The van der Waals surface area contributed by atoms with Crippen LogP contribution in [0.3, 0.4) is 0 Å². The minimum atomic E-state index is 0.549. The molecule has 112 valence electrons. The van der Waals surface area contributed by atoms with Gasteiger partial charge in [-0.05, 0) is 31.2 Å². The molecule has 0 aliphatic rings. The molecule has 4 rings (SSSR count). The van der Waals surface area contributed by atoms with Crippen LogP contribution in [0.4, 0.5) is 0 Å². The van der Waals surface area contributed by atoms with Crippen molar-refractivity contribution in [3.05, 3.63) is 60.9 Å². The largest absolute Gasteiger partial charge is 0.264 e. The monoisotopic (exact) mass is 320 g/mol. The van der Waals surface area contributed by atoms with Crippen molar-refractivity contribution in [2.75, 3.05) is 0 Å². The Labute approximate surface area is 136 Å². The number of aromatic nitrogens is 6. The molecule has 4 heterocycles. The lowest BCUT2D eigenvalue weighted by molar-refractivity contribution is 0.811. The average molecular weight is 320 g/mol. The fraction of sp³-hybridized carbons (Fsp3) is 0.0625. The maximum absolute atomic E-state index is 4.64. The molecule has 0 fully saturated rings. The van der Waals surface area contributed by atoms with E-state index in [2.05, 4.69) is 25.0 Å². The van der Waals surface area contributed by atoms with E-state index < -0.39 is 0 Å². The minimum Gasteiger partial charge on any atom is -0.264 e. The van der Waals surface area contributed by atoms with Crippen LogP contribution in [0.15, 0.2) is 55.2 Å². The van der Waals surface area contributed by atoms with Gasteiger partial charge < -0.3 is 0 Å². The molecule has 4 aromatic rings. The van der Waals surface area contributed by atoms with Crippen molar-refractivity contribution in [2.24, 2.45) is 0 Å². The first-order valence-electron chi connectivity index (χ1n) is 7.02. The lowest BCUT2D eigenvalue weighted by Crippen LogP contribution is -2.00. The molecule has 0 bridgehead atoms. The Morgan fingerprint density at radius 3 is 2.70 bits per heavy atom. The van der Waals surface area contributed by atoms with Gasteiger partial charge in [0.25, 0.3) is 0 Å². The summed E-state index contributed by atoms with van der Waals surface area (Å²) in [6, 6.07) is 7.64. The first kappa shape index (κ1) is 13.7. The second-order valence-electron chi connectivity index (χ2n) is 4.87. The van der Waals surface area contributed by atoms with Crippen LogP contribution in [0.5, 0.6) is 0 Å². The van der Waals surface area contributed by atoms with Crippen molar-refractivity contribution < 1.29 is 0 Å². The summed E-state index contributed by atoms with van der Waals surface area (Å²) in [7, 11) is 0. The Morgan fingerprint density at radius 2 is 1.91 bits per heavy atom. The van der Waals surface area contributed by atoms with Gasteiger partial charge in [0.1, 0.15) is 10.7 Å². The lowest BCUT2D eigenvalue weighted by atomic mass is 10.3. The van der Waals surface area contributed by atoms with Gasteiger partial charge in [0.05, 0.1) is 10.6 Å². The highest BCUT2D eigenvalue weighted by atomic mass is 32.1. The summed E-state index contributed by atoms with van der Waals surface area (Å²) in [5.41, 5.74) is 2.83. The highest BCUT2D eigenvalue weighted by Gasteiger charge is 2.14. The zero-order valence-corrected chi connectivity index (χ0v) is 13.1. The molecule has 0 N–H and O–H groups in total. The number of hydrogen-bond acceptors (Lipinski definition) is 6. The van der Waals surface area contributed by atoms with E-state index in [0.29, 0.717) is 5.95 Å². The molecule has 0 atom stereocenters. The predicted octanol–water partition coefficient (Wildman–Crippen LogP) is 3.16. The molecule has 0 aliphatic heterocycles. The minimum absolute atomic E-state index is 0.549. The second-order valence-corrected chi connectivity index (χ2v) is 5.87. The van der Waals surface area contributed by atoms with Crippen LogP contribution in [0, 0.1) is 6.92 Å². The third kappa shape index (κ3) is 2.62. The third-order valence-electron chi connectivity index (χ3n) is 3.28. The highest BCUT2D eigenvalue weighted by molar-refractivity contribution is 7.18. The van der Waals surface area contributed by atoms with Crippen LogP contribution >= 0.6 is 11.3 Å². The molecule has 4 aromatic heterocycles. The van der Waals surface area contributed by atoms with E-state index in [9.17, 15) is 0 Å². The van der Waals surface area contributed by atoms with Gasteiger partial charge in [0.2, 0.25) is 5.95 Å². The van der Waals surface area contributed by atoms with Gasteiger partial charge in [-0.1, -0.05) is 0 Å². The molecule has 23 heavy (non-hydrogen) atoms. The molecule has 0 aliphatic carbocycles. The quantitative estimate of drug-likeness (QED) is 0.580. The zero-order chi connectivity index (χ0) is 15.6. The zero-order valence-electron chi connectivity index (χ0n) is 12.3. The maximum Gasteiger partial charge on any atom is 0.250 e. The van der Waals surface area contributed by atoms with Crippen LogP contribution < -0.4 is 0 Å². The average Bonchev–Trinajstić information content (AvgIpc) is 3.23. The third-order valence-corrected chi connectivity index (χ3v) is 4.51. The first-order valence-corrected chi connectivity index (χ1v) is 7.84. The Hall–Kier alpha value is -2.93. The van der Waals surface area contributed by atoms with Crippen LogP contribution in [0.25, 0.3) is 27.1 Å². The molecule has 0 saturated heterocycles. The van der Waals surface area contributed by atoms with Crippen LogP contribution in [0.2, 0.25) is 0 Å². The first-order chi connectivity index (χ1) is 11.3. The summed E-state index contributed by atoms with van der Waals surface area (Å²) in [6.07, 6.45) is 8.82. The Kier molecular flexibility index (Phi) is 3.39. The summed E-state index contributed by atoms with van der Waals surface area (Å²) in [4.78, 5) is 18.2. The topological polar surface area (TPSA) is 69.4 Å². The molecule has 6 nitrogen and oxygen atoms in total. The SMILES string of the molecule is Cc1nc(-c2cccnc2)sc1-c1ccn(-c2ncccn2)n1. The summed E-state index contributed by atoms with van der Waals surface area (Å²) < 4.78 is 1.66. The number of pyridine rings is 1. The molecule has 0 saturated carbocycles. The van der Waals surface area contributed by atoms with Gasteiger partial charge >= 0.3 is 0 Å². The fourth-order valence-corrected chi connectivity index (χ4v) is 3.23. The Morgan fingerprint density at radius 1 is 1.04 bits per heavy atom. The second kappa shape index (κ2) is 5.69. The molecule has 7 heteroatoms. The van der Waals surface area contributed by atoms with Gasteiger partial charge in [0, 0.05) is 36.5 Å². The van der Waals surface area contributed by atoms with Crippen molar-refractivity contribution in [3.63, 3.8) is 0 Å². The lowest BCUT2D eigenvalue weighted by Gasteiger charge is -1.97. The number of rotatable bonds is 3. The summed E-state index contributed by atoms with van der Waals surface area (Å²) >= 11 is 1.61. The van der Waals surface area contributed by atoms with E-state index in [-0.39, 0.29) is 0 Å². The van der Waals surface area contributed by atoms with E-state index in [1.807, 2.05) is 37.5 Å². The van der Waals surface area contributed by atoms with Gasteiger partial charge in [0.15, 0.2) is 0 Å². The maximum atomic E-state index is 4.64. The molecule has 0 aromatic carbocycles. The van der Waals surface area contributed by atoms with Gasteiger partial charge in [-0.25, -0.2) is 19.6 Å². The molecule has 0 unspecified atom stereocenters. The fourth-order valence-electron chi connectivity index (χ4n) is 2.21. The summed E-state index contributed by atoms with van der Waals surface area (Å²) in [6.45, 7) is 1.99. The van der Waals surface area contributed by atoms with E-state index in [4.69, 9.17) is 0 Å². The molecule has 0 amide bonds. The molecule has 0 spiro atoms. The van der Waals surface area contributed by atoms with Crippen molar-refractivity contribution in [2.45, 2.75) is 6.92 Å². The molecular formula is C16H12N6S. The van der Waals surface area contributed by atoms with Gasteiger partial charge in [-0.3, -0.25) is 4.98 Å². The van der Waals surface area contributed by atoms with Crippen molar-refractivity contribution in [3.8, 4) is 27.1 Å². The van der Waals surface area contributed by atoms with E-state index in [1.165, 1.54) is 0 Å². The number of aryl methyl sites for hydroxylation is 1. The van der Waals surface area contributed by atoms with Crippen molar-refractivity contribution >= 4 is 11.3 Å². The van der Waals surface area contributed by atoms with Crippen LogP contribution in [-0.2, 0) is 0 Å². The van der Waals surface area contributed by atoms with Crippen molar-refractivity contribution in [1.82, 2.24) is 29.7 Å². The van der Waals surface area contributed by atoms with Crippen LogP contribution in [0.1, 0.15) is 5.69 Å². The predicted molar refractivity (Wildman–Crippen MR) is 88.2 cm³/mol.